The molecule has 0 aliphatic carbocycles. The molecular weight excluding hydrogens is 327 g/mol. The predicted molar refractivity (Wildman–Crippen MR) is 77.3 cm³/mol. The first-order valence-corrected chi connectivity index (χ1v) is 6.95. The van der Waals surface area contributed by atoms with E-state index in [1.54, 1.807) is 6.07 Å². The van der Waals surface area contributed by atoms with Gasteiger partial charge in [-0.25, -0.2) is 4.39 Å². The van der Waals surface area contributed by atoms with Crippen LogP contribution in [0.15, 0.2) is 33.4 Å². The Balaban J connectivity index is 2.04. The second kappa shape index (κ2) is 5.93. The Hall–Kier alpha value is -1.40. The summed E-state index contributed by atoms with van der Waals surface area (Å²) >= 11 is 3.28. The van der Waals surface area contributed by atoms with E-state index in [1.807, 2.05) is 0 Å². The van der Waals surface area contributed by atoms with Gasteiger partial charge in [-0.2, -0.15) is 4.98 Å². The van der Waals surface area contributed by atoms with E-state index in [2.05, 4.69) is 47.0 Å². The normalized spacial score (nSPS) is 11.7. The monoisotopic (exact) mass is 342 g/mol. The number of ether oxygens (including phenoxy) is 1. The maximum atomic E-state index is 13.1. The third-order valence-corrected chi connectivity index (χ3v) is 3.08. The Kier molecular flexibility index (Phi) is 4.45. The smallest absolute Gasteiger partial charge is 0.399 e. The van der Waals surface area contributed by atoms with Crippen LogP contribution in [-0.4, -0.2) is 10.5 Å². The minimum atomic E-state index is -0.385. The zero-order valence-corrected chi connectivity index (χ0v) is 13.1. The van der Waals surface area contributed by atoms with Crippen molar-refractivity contribution in [3.63, 3.8) is 0 Å². The largest absolute Gasteiger partial charge is 0.417 e. The lowest BCUT2D eigenvalue weighted by atomic mass is 10.1. The lowest BCUT2D eigenvalue weighted by Gasteiger charge is -2.19. The Morgan fingerprint density at radius 3 is 2.85 bits per heavy atom. The molecule has 1 aromatic carbocycles. The number of benzene rings is 1. The molecule has 4 nitrogen and oxygen atoms in total. The van der Waals surface area contributed by atoms with Crippen LogP contribution >= 0.6 is 15.9 Å². The summed E-state index contributed by atoms with van der Waals surface area (Å²) in [7, 11) is 0. The number of halogens is 2. The van der Waals surface area contributed by atoms with Crippen molar-refractivity contribution in [2.45, 2.75) is 32.9 Å². The fourth-order valence-corrected chi connectivity index (χ4v) is 1.75. The standard InChI is InChI=1S/C14H16BrFN2O2/c1-14(2,3)17-7-10-8-19-13(18-10)20-12-6-9(16)4-5-11(12)15/h4-6,8,17H,7H2,1-3H3. The average molecular weight is 343 g/mol. The van der Waals surface area contributed by atoms with Crippen LogP contribution in [0.3, 0.4) is 0 Å². The van der Waals surface area contributed by atoms with Crippen molar-refractivity contribution >= 4 is 15.9 Å². The van der Waals surface area contributed by atoms with Gasteiger partial charge in [0.1, 0.15) is 17.8 Å². The molecule has 1 heterocycles. The van der Waals surface area contributed by atoms with Crippen LogP contribution in [0.1, 0.15) is 26.5 Å². The summed E-state index contributed by atoms with van der Waals surface area (Å²) < 4.78 is 24.4. The number of hydrogen-bond acceptors (Lipinski definition) is 4. The summed E-state index contributed by atoms with van der Waals surface area (Å²) in [4.78, 5) is 4.18. The maximum Gasteiger partial charge on any atom is 0.399 e. The molecule has 0 spiro atoms. The molecule has 0 aliphatic heterocycles. The van der Waals surface area contributed by atoms with E-state index in [0.29, 0.717) is 16.8 Å². The quantitative estimate of drug-likeness (QED) is 0.901. The molecule has 108 valence electrons. The Bertz CT molecular complexity index is 593. The first kappa shape index (κ1) is 15.0. The molecule has 0 amide bonds. The molecule has 20 heavy (non-hydrogen) atoms. The molecule has 1 aromatic heterocycles. The van der Waals surface area contributed by atoms with Crippen LogP contribution < -0.4 is 10.1 Å². The molecule has 0 saturated heterocycles. The van der Waals surface area contributed by atoms with E-state index in [0.717, 1.165) is 5.69 Å². The summed E-state index contributed by atoms with van der Waals surface area (Å²) in [5.74, 6) is -0.0634. The lowest BCUT2D eigenvalue weighted by Crippen LogP contribution is -2.35. The molecule has 0 radical (unpaired) electrons. The molecule has 0 fully saturated rings. The third kappa shape index (κ3) is 4.31. The van der Waals surface area contributed by atoms with Crippen molar-refractivity contribution in [3.8, 4) is 11.8 Å². The topological polar surface area (TPSA) is 47.3 Å². The average Bonchev–Trinajstić information content (AvgIpc) is 2.78. The van der Waals surface area contributed by atoms with Crippen LogP contribution in [0.25, 0.3) is 0 Å². The predicted octanol–water partition coefficient (Wildman–Crippen LogP) is 4.26. The molecule has 0 aliphatic rings. The number of aromatic nitrogens is 1. The van der Waals surface area contributed by atoms with Gasteiger partial charge in [0, 0.05) is 18.2 Å². The van der Waals surface area contributed by atoms with Gasteiger partial charge in [0.05, 0.1) is 10.2 Å². The van der Waals surface area contributed by atoms with Gasteiger partial charge in [-0.1, -0.05) is 0 Å². The van der Waals surface area contributed by atoms with Gasteiger partial charge >= 0.3 is 6.08 Å². The van der Waals surface area contributed by atoms with E-state index in [-0.39, 0.29) is 17.4 Å². The highest BCUT2D eigenvalue weighted by Crippen LogP contribution is 2.29. The van der Waals surface area contributed by atoms with Crippen molar-refractivity contribution in [2.24, 2.45) is 0 Å². The van der Waals surface area contributed by atoms with E-state index < -0.39 is 0 Å². The van der Waals surface area contributed by atoms with Gasteiger partial charge < -0.3 is 14.5 Å². The van der Waals surface area contributed by atoms with Gasteiger partial charge in [0.2, 0.25) is 0 Å². The molecule has 0 saturated carbocycles. The van der Waals surface area contributed by atoms with E-state index in [9.17, 15) is 4.39 Å². The van der Waals surface area contributed by atoms with Crippen LogP contribution in [0, 0.1) is 5.82 Å². The van der Waals surface area contributed by atoms with Crippen molar-refractivity contribution in [2.75, 3.05) is 0 Å². The van der Waals surface area contributed by atoms with Crippen LogP contribution in [0.5, 0.6) is 11.8 Å². The summed E-state index contributed by atoms with van der Waals surface area (Å²) in [6.07, 6.45) is 1.60. The SMILES string of the molecule is CC(C)(C)NCc1coc(Oc2cc(F)ccc2Br)n1. The number of oxazole rings is 1. The van der Waals surface area contributed by atoms with Crippen LogP contribution in [-0.2, 0) is 6.54 Å². The highest BCUT2D eigenvalue weighted by molar-refractivity contribution is 9.10. The van der Waals surface area contributed by atoms with Crippen molar-refractivity contribution in [3.05, 3.63) is 40.4 Å². The first-order chi connectivity index (χ1) is 9.33. The van der Waals surface area contributed by atoms with Gasteiger partial charge in [-0.05, 0) is 48.8 Å². The molecule has 2 rings (SSSR count). The fourth-order valence-electron chi connectivity index (χ4n) is 1.42. The van der Waals surface area contributed by atoms with Crippen molar-refractivity contribution in [1.29, 1.82) is 0 Å². The lowest BCUT2D eigenvalue weighted by molar-refractivity contribution is 0.328. The highest BCUT2D eigenvalue weighted by atomic mass is 79.9. The van der Waals surface area contributed by atoms with E-state index in [4.69, 9.17) is 9.15 Å². The number of rotatable bonds is 4. The Morgan fingerprint density at radius 1 is 1.40 bits per heavy atom. The fraction of sp³-hybridized carbons (Fsp3) is 0.357. The molecule has 0 bridgehead atoms. The number of hydrogen-bond donors (Lipinski definition) is 1. The van der Waals surface area contributed by atoms with Crippen LogP contribution in [0.4, 0.5) is 4.39 Å². The van der Waals surface area contributed by atoms with Gasteiger partial charge in [-0.3, -0.25) is 0 Å². The zero-order valence-electron chi connectivity index (χ0n) is 11.5. The molecule has 0 unspecified atom stereocenters. The van der Waals surface area contributed by atoms with Crippen LogP contribution in [0.2, 0.25) is 0 Å². The van der Waals surface area contributed by atoms with Gasteiger partial charge in [0.25, 0.3) is 0 Å². The number of nitrogens with zero attached hydrogens (tertiary/aromatic N) is 1. The molecular formula is C14H16BrFN2O2. The van der Waals surface area contributed by atoms with Crippen molar-refractivity contribution < 1.29 is 13.5 Å². The molecule has 2 aromatic rings. The first-order valence-electron chi connectivity index (χ1n) is 6.16. The summed E-state index contributed by atoms with van der Waals surface area (Å²) in [5, 5.41) is 3.29. The van der Waals surface area contributed by atoms with Gasteiger partial charge in [-0.15, -0.1) is 0 Å². The Labute approximate surface area is 125 Å². The summed E-state index contributed by atoms with van der Waals surface area (Å²) in [5.41, 5.74) is 0.716. The molecule has 0 atom stereocenters. The third-order valence-electron chi connectivity index (χ3n) is 2.42. The molecule has 1 N–H and O–H groups in total. The van der Waals surface area contributed by atoms with E-state index in [1.165, 1.54) is 18.4 Å². The van der Waals surface area contributed by atoms with Crippen molar-refractivity contribution in [1.82, 2.24) is 10.3 Å². The Morgan fingerprint density at radius 2 is 2.15 bits per heavy atom. The van der Waals surface area contributed by atoms with E-state index >= 15 is 0 Å². The second-order valence-electron chi connectivity index (χ2n) is 5.39. The minimum absolute atomic E-state index is 0.00838. The second-order valence-corrected chi connectivity index (χ2v) is 6.24. The zero-order chi connectivity index (χ0) is 14.8. The minimum Gasteiger partial charge on any atom is -0.417 e. The molecule has 6 heteroatoms. The summed E-state index contributed by atoms with van der Waals surface area (Å²) in [6, 6.07) is 4.17. The maximum absolute atomic E-state index is 13.1. The van der Waals surface area contributed by atoms with Gasteiger partial charge in [0.15, 0.2) is 0 Å². The summed E-state index contributed by atoms with van der Waals surface area (Å²) in [6.45, 7) is 6.76. The highest BCUT2D eigenvalue weighted by Gasteiger charge is 2.13. The number of nitrogens with one attached hydrogen (secondary N) is 1.